The van der Waals surface area contributed by atoms with Crippen LogP contribution in [-0.2, 0) is 14.3 Å². The number of likely N-dealkylation sites (N-methyl/N-ethyl adjacent to an activating group) is 1. The topological polar surface area (TPSA) is 66.8 Å². The normalized spacial score (nSPS) is 17.4. The number of hydrogen-bond acceptors (Lipinski definition) is 3. The smallest absolute Gasteiger partial charge is 0.394 e. The highest BCUT2D eigenvalue weighted by Gasteiger charge is 2.19. The first kappa shape index (κ1) is 12.0. The summed E-state index contributed by atoms with van der Waals surface area (Å²) in [5.74, 6) is -1.66. The highest BCUT2D eigenvalue weighted by molar-refractivity contribution is 6.31. The van der Waals surface area contributed by atoms with E-state index in [1.807, 2.05) is 0 Å². The van der Waals surface area contributed by atoms with Crippen molar-refractivity contribution in [3.8, 4) is 0 Å². The first-order chi connectivity index (χ1) is 7.11. The molecule has 0 aromatic rings. The molecule has 0 aliphatic carbocycles. The number of aliphatic carboxylic acids is 1. The van der Waals surface area contributed by atoms with Crippen LogP contribution in [0, 0.1) is 5.92 Å². The first-order valence-corrected chi connectivity index (χ1v) is 5.17. The Kier molecular flexibility index (Phi) is 4.55. The van der Waals surface area contributed by atoms with Gasteiger partial charge in [-0.2, -0.15) is 0 Å². The van der Waals surface area contributed by atoms with Crippen LogP contribution in [0.25, 0.3) is 0 Å². The van der Waals surface area contributed by atoms with Crippen LogP contribution in [-0.4, -0.2) is 48.7 Å². The fraction of sp³-hybridized carbons (Fsp3) is 0.800. The molecule has 0 atom stereocenters. The molecule has 0 radical (unpaired) electrons. The second kappa shape index (κ2) is 5.70. The van der Waals surface area contributed by atoms with E-state index >= 15 is 0 Å². The lowest BCUT2D eigenvalue weighted by molar-refractivity contribution is -0.155. The SMILES string of the molecule is CN(CCC1CCOCC1)C(=O)C(=O)O. The van der Waals surface area contributed by atoms with Gasteiger partial charge in [0.1, 0.15) is 0 Å². The van der Waals surface area contributed by atoms with Gasteiger partial charge in [-0.1, -0.05) is 0 Å². The van der Waals surface area contributed by atoms with Crippen LogP contribution < -0.4 is 0 Å². The molecule has 0 aromatic carbocycles. The van der Waals surface area contributed by atoms with Crippen molar-refractivity contribution in [2.24, 2.45) is 5.92 Å². The van der Waals surface area contributed by atoms with Gasteiger partial charge in [-0.05, 0) is 25.2 Å². The maximum absolute atomic E-state index is 11.0. The molecule has 1 rings (SSSR count). The molecule has 5 heteroatoms. The number of carbonyl (C=O) groups is 2. The van der Waals surface area contributed by atoms with Gasteiger partial charge < -0.3 is 14.7 Å². The third kappa shape index (κ3) is 3.87. The second-order valence-electron chi connectivity index (χ2n) is 3.88. The summed E-state index contributed by atoms with van der Waals surface area (Å²) in [7, 11) is 1.52. The van der Waals surface area contributed by atoms with E-state index < -0.39 is 11.9 Å². The van der Waals surface area contributed by atoms with Gasteiger partial charge in [0.2, 0.25) is 0 Å². The summed E-state index contributed by atoms with van der Waals surface area (Å²) in [5.41, 5.74) is 0. The molecular weight excluding hydrogens is 198 g/mol. The minimum Gasteiger partial charge on any atom is -0.474 e. The van der Waals surface area contributed by atoms with Crippen molar-refractivity contribution < 1.29 is 19.4 Å². The van der Waals surface area contributed by atoms with Gasteiger partial charge in [-0.3, -0.25) is 4.79 Å². The number of ether oxygens (including phenoxy) is 1. The Bertz CT molecular complexity index is 236. The van der Waals surface area contributed by atoms with E-state index in [-0.39, 0.29) is 0 Å². The minimum atomic E-state index is -1.38. The summed E-state index contributed by atoms with van der Waals surface area (Å²) >= 11 is 0. The highest BCUT2D eigenvalue weighted by atomic mass is 16.5. The first-order valence-electron chi connectivity index (χ1n) is 5.17. The molecule has 0 unspecified atom stereocenters. The molecule has 1 aliphatic heterocycles. The van der Waals surface area contributed by atoms with E-state index in [0.29, 0.717) is 12.5 Å². The Hall–Kier alpha value is -1.10. The Balaban J connectivity index is 2.23. The van der Waals surface area contributed by atoms with Gasteiger partial charge in [0.15, 0.2) is 0 Å². The molecule has 1 aliphatic rings. The zero-order chi connectivity index (χ0) is 11.3. The lowest BCUT2D eigenvalue weighted by Crippen LogP contribution is -2.35. The monoisotopic (exact) mass is 215 g/mol. The van der Waals surface area contributed by atoms with Crippen LogP contribution in [0.5, 0.6) is 0 Å². The maximum atomic E-state index is 11.0. The van der Waals surface area contributed by atoms with Crippen molar-refractivity contribution >= 4 is 11.9 Å². The molecular formula is C10H17NO4. The van der Waals surface area contributed by atoms with Crippen molar-refractivity contribution in [2.75, 3.05) is 26.8 Å². The third-order valence-electron chi connectivity index (χ3n) is 2.74. The molecule has 1 heterocycles. The number of hydrogen-bond donors (Lipinski definition) is 1. The minimum absolute atomic E-state index is 0.510. The van der Waals surface area contributed by atoms with E-state index in [0.717, 1.165) is 32.5 Å². The second-order valence-corrected chi connectivity index (χ2v) is 3.88. The summed E-state index contributed by atoms with van der Waals surface area (Å²) < 4.78 is 5.22. The van der Waals surface area contributed by atoms with Gasteiger partial charge in [0, 0.05) is 26.8 Å². The van der Waals surface area contributed by atoms with Crippen molar-refractivity contribution in [3.05, 3.63) is 0 Å². The van der Waals surface area contributed by atoms with E-state index in [1.54, 1.807) is 0 Å². The van der Waals surface area contributed by atoms with Crippen molar-refractivity contribution in [2.45, 2.75) is 19.3 Å². The standard InChI is InChI=1S/C10H17NO4/c1-11(9(12)10(13)14)5-2-8-3-6-15-7-4-8/h8H,2-7H2,1H3,(H,13,14). The number of rotatable bonds is 3. The molecule has 1 N–H and O–H groups in total. The van der Waals surface area contributed by atoms with Crippen molar-refractivity contribution in [3.63, 3.8) is 0 Å². The molecule has 1 amide bonds. The molecule has 15 heavy (non-hydrogen) atoms. The van der Waals surface area contributed by atoms with E-state index in [2.05, 4.69) is 0 Å². The van der Waals surface area contributed by atoms with E-state index in [9.17, 15) is 9.59 Å². The van der Waals surface area contributed by atoms with Gasteiger partial charge in [0.25, 0.3) is 0 Å². The van der Waals surface area contributed by atoms with Gasteiger partial charge in [-0.15, -0.1) is 0 Å². The predicted molar refractivity (Wildman–Crippen MR) is 53.4 cm³/mol. The molecule has 0 bridgehead atoms. The average molecular weight is 215 g/mol. The van der Waals surface area contributed by atoms with Crippen LogP contribution in [0.2, 0.25) is 0 Å². The Morgan fingerprint density at radius 1 is 1.40 bits per heavy atom. The third-order valence-corrected chi connectivity index (χ3v) is 2.74. The fourth-order valence-electron chi connectivity index (χ4n) is 1.68. The quantitative estimate of drug-likeness (QED) is 0.690. The highest BCUT2D eigenvalue weighted by Crippen LogP contribution is 2.18. The summed E-state index contributed by atoms with van der Waals surface area (Å²) in [6.45, 7) is 2.07. The largest absolute Gasteiger partial charge is 0.474 e. The molecule has 0 aromatic heterocycles. The number of carboxylic acids is 1. The van der Waals surface area contributed by atoms with Gasteiger partial charge in [-0.25, -0.2) is 4.79 Å². The summed E-state index contributed by atoms with van der Waals surface area (Å²) in [5, 5.41) is 8.48. The summed E-state index contributed by atoms with van der Waals surface area (Å²) in [6, 6.07) is 0. The molecule has 86 valence electrons. The van der Waals surface area contributed by atoms with Crippen LogP contribution >= 0.6 is 0 Å². The molecule has 0 saturated carbocycles. The lowest BCUT2D eigenvalue weighted by Gasteiger charge is -2.24. The van der Waals surface area contributed by atoms with Crippen LogP contribution in [0.15, 0.2) is 0 Å². The zero-order valence-electron chi connectivity index (χ0n) is 8.94. The molecule has 1 fully saturated rings. The fourth-order valence-corrected chi connectivity index (χ4v) is 1.68. The lowest BCUT2D eigenvalue weighted by atomic mass is 9.96. The average Bonchev–Trinajstić information content (AvgIpc) is 2.26. The van der Waals surface area contributed by atoms with Crippen molar-refractivity contribution in [1.29, 1.82) is 0 Å². The Morgan fingerprint density at radius 2 is 2.00 bits per heavy atom. The number of nitrogens with zero attached hydrogens (tertiary/aromatic N) is 1. The summed E-state index contributed by atoms with van der Waals surface area (Å²) in [4.78, 5) is 22.7. The van der Waals surface area contributed by atoms with Crippen LogP contribution in [0.3, 0.4) is 0 Å². The Morgan fingerprint density at radius 3 is 2.53 bits per heavy atom. The molecule has 1 saturated heterocycles. The molecule has 5 nitrogen and oxygen atoms in total. The van der Waals surface area contributed by atoms with Crippen LogP contribution in [0.4, 0.5) is 0 Å². The maximum Gasteiger partial charge on any atom is 0.394 e. The van der Waals surface area contributed by atoms with Crippen LogP contribution in [0.1, 0.15) is 19.3 Å². The van der Waals surface area contributed by atoms with E-state index in [4.69, 9.17) is 9.84 Å². The number of carboxylic acid groups (broad SMARTS) is 1. The predicted octanol–water partition coefficient (Wildman–Crippen LogP) is 0.346. The summed E-state index contributed by atoms with van der Waals surface area (Å²) in [6.07, 6.45) is 2.88. The van der Waals surface area contributed by atoms with Gasteiger partial charge >= 0.3 is 11.9 Å². The number of carbonyl (C=O) groups excluding carboxylic acids is 1. The number of amides is 1. The van der Waals surface area contributed by atoms with E-state index in [1.165, 1.54) is 11.9 Å². The van der Waals surface area contributed by atoms with Gasteiger partial charge in [0.05, 0.1) is 0 Å². The van der Waals surface area contributed by atoms with Crippen molar-refractivity contribution in [1.82, 2.24) is 4.90 Å². The zero-order valence-corrected chi connectivity index (χ0v) is 8.94. The molecule has 0 spiro atoms. The Labute approximate surface area is 89.0 Å².